The topological polar surface area (TPSA) is 54.0 Å². The summed E-state index contributed by atoms with van der Waals surface area (Å²) < 4.78 is 0. The summed E-state index contributed by atoms with van der Waals surface area (Å²) in [6.07, 6.45) is 4.07. The standard InChI is InChI=1S/C17H19N3O/c1-11-3-4-14(9-12(11)2)20-17(21)16-10-15(7-8-18-16)19-13-5-6-13/h3-4,7-10,13H,5-6H2,1-2H3,(H,18,19)(H,20,21). The van der Waals surface area contributed by atoms with Gasteiger partial charge in [0.15, 0.2) is 0 Å². The van der Waals surface area contributed by atoms with Gasteiger partial charge in [-0.25, -0.2) is 0 Å². The number of benzene rings is 1. The molecular weight excluding hydrogens is 262 g/mol. The molecule has 0 atom stereocenters. The monoisotopic (exact) mass is 281 g/mol. The molecule has 0 aliphatic heterocycles. The van der Waals surface area contributed by atoms with Crippen molar-refractivity contribution < 1.29 is 4.79 Å². The Morgan fingerprint density at radius 3 is 2.62 bits per heavy atom. The molecule has 1 heterocycles. The second-order valence-electron chi connectivity index (χ2n) is 5.60. The fourth-order valence-electron chi connectivity index (χ4n) is 2.12. The summed E-state index contributed by atoms with van der Waals surface area (Å²) in [7, 11) is 0. The fraction of sp³-hybridized carbons (Fsp3) is 0.294. The van der Waals surface area contributed by atoms with E-state index in [1.807, 2.05) is 31.2 Å². The van der Waals surface area contributed by atoms with E-state index in [1.165, 1.54) is 18.4 Å². The quantitative estimate of drug-likeness (QED) is 0.901. The number of hydrogen-bond donors (Lipinski definition) is 2. The summed E-state index contributed by atoms with van der Waals surface area (Å²) in [6.45, 7) is 4.08. The Morgan fingerprint density at radius 1 is 1.10 bits per heavy atom. The van der Waals surface area contributed by atoms with E-state index in [4.69, 9.17) is 0 Å². The number of nitrogens with one attached hydrogen (secondary N) is 2. The van der Waals surface area contributed by atoms with Crippen molar-refractivity contribution in [3.05, 3.63) is 53.3 Å². The highest BCUT2D eigenvalue weighted by atomic mass is 16.1. The number of hydrogen-bond acceptors (Lipinski definition) is 3. The van der Waals surface area contributed by atoms with Gasteiger partial charge in [0.05, 0.1) is 0 Å². The Labute approximate surface area is 124 Å². The number of anilines is 2. The van der Waals surface area contributed by atoms with E-state index in [-0.39, 0.29) is 5.91 Å². The van der Waals surface area contributed by atoms with Gasteiger partial charge in [-0.2, -0.15) is 0 Å². The van der Waals surface area contributed by atoms with Crippen LogP contribution in [0, 0.1) is 13.8 Å². The minimum atomic E-state index is -0.183. The van der Waals surface area contributed by atoms with Gasteiger partial charge in [0.2, 0.25) is 0 Å². The molecule has 0 unspecified atom stereocenters. The van der Waals surface area contributed by atoms with Crippen LogP contribution >= 0.6 is 0 Å². The third kappa shape index (κ3) is 3.40. The van der Waals surface area contributed by atoms with Crippen molar-refractivity contribution in [1.82, 2.24) is 4.98 Å². The third-order valence-electron chi connectivity index (χ3n) is 3.71. The number of rotatable bonds is 4. The second kappa shape index (κ2) is 5.56. The van der Waals surface area contributed by atoms with Crippen LogP contribution in [0.25, 0.3) is 0 Å². The van der Waals surface area contributed by atoms with E-state index in [2.05, 4.69) is 22.5 Å². The van der Waals surface area contributed by atoms with E-state index < -0.39 is 0 Å². The predicted octanol–water partition coefficient (Wildman–Crippen LogP) is 3.53. The van der Waals surface area contributed by atoms with Gasteiger partial charge in [-0.1, -0.05) is 6.07 Å². The van der Waals surface area contributed by atoms with Gasteiger partial charge in [0.25, 0.3) is 5.91 Å². The lowest BCUT2D eigenvalue weighted by Crippen LogP contribution is -2.14. The first-order valence-electron chi connectivity index (χ1n) is 7.23. The van der Waals surface area contributed by atoms with Crippen LogP contribution in [0.15, 0.2) is 36.5 Å². The van der Waals surface area contributed by atoms with E-state index in [1.54, 1.807) is 12.3 Å². The molecule has 108 valence electrons. The van der Waals surface area contributed by atoms with Gasteiger partial charge < -0.3 is 10.6 Å². The molecule has 4 nitrogen and oxygen atoms in total. The lowest BCUT2D eigenvalue weighted by atomic mass is 10.1. The maximum atomic E-state index is 12.3. The molecule has 2 N–H and O–H groups in total. The molecule has 1 amide bonds. The fourth-order valence-corrected chi connectivity index (χ4v) is 2.12. The molecule has 1 aromatic carbocycles. The van der Waals surface area contributed by atoms with Crippen LogP contribution < -0.4 is 10.6 Å². The molecule has 1 saturated carbocycles. The predicted molar refractivity (Wildman–Crippen MR) is 84.8 cm³/mol. The van der Waals surface area contributed by atoms with Crippen LogP contribution in [0.1, 0.15) is 34.5 Å². The molecular formula is C17H19N3O. The van der Waals surface area contributed by atoms with Gasteiger partial charge in [-0.3, -0.25) is 9.78 Å². The zero-order chi connectivity index (χ0) is 14.8. The third-order valence-corrected chi connectivity index (χ3v) is 3.71. The van der Waals surface area contributed by atoms with Crippen LogP contribution in [0.4, 0.5) is 11.4 Å². The van der Waals surface area contributed by atoms with E-state index in [0.29, 0.717) is 11.7 Å². The maximum Gasteiger partial charge on any atom is 0.274 e. The lowest BCUT2D eigenvalue weighted by molar-refractivity contribution is 0.102. The molecule has 0 bridgehead atoms. The van der Waals surface area contributed by atoms with Crippen LogP contribution in [0.3, 0.4) is 0 Å². The van der Waals surface area contributed by atoms with Crippen molar-refractivity contribution in [3.63, 3.8) is 0 Å². The Balaban J connectivity index is 1.73. The van der Waals surface area contributed by atoms with E-state index in [0.717, 1.165) is 16.9 Å². The van der Waals surface area contributed by atoms with Crippen molar-refractivity contribution in [1.29, 1.82) is 0 Å². The van der Waals surface area contributed by atoms with Crippen LogP contribution in [0.5, 0.6) is 0 Å². The molecule has 1 aromatic heterocycles. The summed E-state index contributed by atoms with van der Waals surface area (Å²) in [5.74, 6) is -0.183. The van der Waals surface area contributed by atoms with Crippen molar-refractivity contribution >= 4 is 17.3 Å². The van der Waals surface area contributed by atoms with Crippen LogP contribution in [-0.2, 0) is 0 Å². The van der Waals surface area contributed by atoms with Crippen molar-refractivity contribution in [2.24, 2.45) is 0 Å². The first kappa shape index (κ1) is 13.6. The Bertz CT molecular complexity index is 677. The van der Waals surface area contributed by atoms with E-state index >= 15 is 0 Å². The summed E-state index contributed by atoms with van der Waals surface area (Å²) in [5, 5.41) is 6.26. The molecule has 1 aliphatic rings. The normalized spacial score (nSPS) is 13.8. The highest BCUT2D eigenvalue weighted by molar-refractivity contribution is 6.03. The minimum Gasteiger partial charge on any atom is -0.382 e. The number of carbonyl (C=O) groups excluding carboxylic acids is 1. The number of carbonyl (C=O) groups is 1. The largest absolute Gasteiger partial charge is 0.382 e. The highest BCUT2D eigenvalue weighted by Crippen LogP contribution is 2.24. The maximum absolute atomic E-state index is 12.3. The van der Waals surface area contributed by atoms with Crippen LogP contribution in [0.2, 0.25) is 0 Å². The molecule has 21 heavy (non-hydrogen) atoms. The molecule has 0 saturated heterocycles. The minimum absolute atomic E-state index is 0.183. The summed E-state index contributed by atoms with van der Waals surface area (Å²) >= 11 is 0. The molecule has 4 heteroatoms. The first-order chi connectivity index (χ1) is 10.1. The molecule has 0 radical (unpaired) electrons. The second-order valence-corrected chi connectivity index (χ2v) is 5.60. The van der Waals surface area contributed by atoms with Crippen LogP contribution in [-0.4, -0.2) is 16.9 Å². The average molecular weight is 281 g/mol. The van der Waals surface area contributed by atoms with Gasteiger partial charge in [-0.15, -0.1) is 0 Å². The first-order valence-corrected chi connectivity index (χ1v) is 7.23. The zero-order valence-corrected chi connectivity index (χ0v) is 12.3. The average Bonchev–Trinajstić information content (AvgIpc) is 3.27. The Kier molecular flexibility index (Phi) is 3.60. The number of aromatic nitrogens is 1. The van der Waals surface area contributed by atoms with Crippen molar-refractivity contribution in [3.8, 4) is 0 Å². The lowest BCUT2D eigenvalue weighted by Gasteiger charge is -2.09. The number of aryl methyl sites for hydroxylation is 2. The summed E-state index contributed by atoms with van der Waals surface area (Å²) in [4.78, 5) is 16.4. The number of nitrogens with zero attached hydrogens (tertiary/aromatic N) is 1. The summed E-state index contributed by atoms with van der Waals surface area (Å²) in [6, 6.07) is 10.1. The van der Waals surface area contributed by atoms with Crippen molar-refractivity contribution in [2.45, 2.75) is 32.7 Å². The van der Waals surface area contributed by atoms with Gasteiger partial charge in [0.1, 0.15) is 5.69 Å². The smallest absolute Gasteiger partial charge is 0.274 e. The molecule has 3 rings (SSSR count). The number of pyridine rings is 1. The van der Waals surface area contributed by atoms with Crippen molar-refractivity contribution in [2.75, 3.05) is 10.6 Å². The number of amides is 1. The highest BCUT2D eigenvalue weighted by Gasteiger charge is 2.21. The van der Waals surface area contributed by atoms with Gasteiger partial charge >= 0.3 is 0 Å². The Hall–Kier alpha value is -2.36. The van der Waals surface area contributed by atoms with E-state index in [9.17, 15) is 4.79 Å². The SMILES string of the molecule is Cc1ccc(NC(=O)c2cc(NC3CC3)ccn2)cc1C. The molecule has 0 spiro atoms. The van der Waals surface area contributed by atoms with Gasteiger partial charge in [-0.05, 0) is 62.1 Å². The molecule has 1 fully saturated rings. The zero-order valence-electron chi connectivity index (χ0n) is 12.3. The summed E-state index contributed by atoms with van der Waals surface area (Å²) in [5.41, 5.74) is 4.55. The molecule has 2 aromatic rings. The van der Waals surface area contributed by atoms with Gasteiger partial charge in [0, 0.05) is 23.6 Å². The Morgan fingerprint density at radius 2 is 1.90 bits per heavy atom. The molecule has 1 aliphatic carbocycles.